The summed E-state index contributed by atoms with van der Waals surface area (Å²) in [7, 11) is 0. The van der Waals surface area contributed by atoms with Crippen LogP contribution < -0.4 is 10.6 Å². The van der Waals surface area contributed by atoms with Crippen LogP contribution >= 0.6 is 0 Å². The van der Waals surface area contributed by atoms with Crippen molar-refractivity contribution >= 4 is 11.5 Å². The first-order valence-electron chi connectivity index (χ1n) is 7.01. The smallest absolute Gasteiger partial charge is 0.140 e. The number of hydrogen-bond donors (Lipinski definition) is 2. The summed E-state index contributed by atoms with van der Waals surface area (Å²) in [5.74, 6) is 0.251. The van der Waals surface area contributed by atoms with Gasteiger partial charge in [-0.2, -0.15) is 0 Å². The number of oxime groups is 1. The highest BCUT2D eigenvalue weighted by molar-refractivity contribution is 5.80. The van der Waals surface area contributed by atoms with Crippen LogP contribution in [0.25, 0.3) is 0 Å². The first-order chi connectivity index (χ1) is 10.2. The largest absolute Gasteiger partial charge is 0.409 e. The van der Waals surface area contributed by atoms with Crippen LogP contribution in [0, 0.1) is 6.92 Å². The molecule has 0 aliphatic heterocycles. The van der Waals surface area contributed by atoms with E-state index in [1.165, 1.54) is 11.1 Å². The van der Waals surface area contributed by atoms with Crippen molar-refractivity contribution in [3.05, 3.63) is 65.7 Å². The van der Waals surface area contributed by atoms with Crippen molar-refractivity contribution in [2.45, 2.75) is 19.9 Å². The third kappa shape index (κ3) is 4.24. The number of aryl methyl sites for hydroxylation is 1. The van der Waals surface area contributed by atoms with Crippen LogP contribution in [0.15, 0.2) is 59.8 Å². The monoisotopic (exact) mass is 283 g/mol. The lowest BCUT2D eigenvalue weighted by Gasteiger charge is -2.25. The Morgan fingerprint density at radius 3 is 2.43 bits per heavy atom. The fourth-order valence-corrected chi connectivity index (χ4v) is 2.23. The molecule has 0 amide bonds. The van der Waals surface area contributed by atoms with Gasteiger partial charge in [0.05, 0.1) is 0 Å². The molecular formula is C17H21N3O. The van der Waals surface area contributed by atoms with Crippen molar-refractivity contribution in [2.24, 2.45) is 10.9 Å². The molecule has 0 saturated carbocycles. The second kappa shape index (κ2) is 7.33. The van der Waals surface area contributed by atoms with E-state index in [-0.39, 0.29) is 5.84 Å². The van der Waals surface area contributed by atoms with Crippen LogP contribution in [0.1, 0.15) is 17.5 Å². The fraction of sp³-hybridized carbons (Fsp3) is 0.235. The summed E-state index contributed by atoms with van der Waals surface area (Å²) < 4.78 is 0. The van der Waals surface area contributed by atoms with Crippen LogP contribution in [0.4, 0.5) is 5.69 Å². The Morgan fingerprint density at radius 2 is 1.76 bits per heavy atom. The van der Waals surface area contributed by atoms with Crippen molar-refractivity contribution in [1.29, 1.82) is 0 Å². The van der Waals surface area contributed by atoms with Crippen LogP contribution in [-0.4, -0.2) is 17.6 Å². The summed E-state index contributed by atoms with van der Waals surface area (Å²) in [6, 6.07) is 18.5. The molecule has 0 radical (unpaired) electrons. The molecule has 0 aliphatic rings. The van der Waals surface area contributed by atoms with Crippen molar-refractivity contribution in [2.75, 3.05) is 11.4 Å². The third-order valence-corrected chi connectivity index (χ3v) is 3.51. The summed E-state index contributed by atoms with van der Waals surface area (Å²) in [5.41, 5.74) is 9.27. The molecule has 0 bridgehead atoms. The molecule has 0 saturated heterocycles. The Labute approximate surface area is 125 Å². The molecule has 0 unspecified atom stereocenters. The summed E-state index contributed by atoms with van der Waals surface area (Å²) in [6.07, 6.45) is 0.525. The summed E-state index contributed by atoms with van der Waals surface area (Å²) in [4.78, 5) is 2.24. The predicted molar refractivity (Wildman–Crippen MR) is 86.7 cm³/mol. The molecule has 0 heterocycles. The van der Waals surface area contributed by atoms with Gasteiger partial charge >= 0.3 is 0 Å². The van der Waals surface area contributed by atoms with E-state index < -0.39 is 0 Å². The number of amidine groups is 1. The van der Waals surface area contributed by atoms with Crippen molar-refractivity contribution in [3.8, 4) is 0 Å². The van der Waals surface area contributed by atoms with Gasteiger partial charge in [-0.25, -0.2) is 0 Å². The number of benzene rings is 2. The molecule has 0 fully saturated rings. The number of hydrogen-bond acceptors (Lipinski definition) is 3. The summed E-state index contributed by atoms with van der Waals surface area (Å²) in [6.45, 7) is 3.62. The van der Waals surface area contributed by atoms with Gasteiger partial charge < -0.3 is 15.8 Å². The second-order valence-electron chi connectivity index (χ2n) is 5.02. The van der Waals surface area contributed by atoms with Gasteiger partial charge in [0.25, 0.3) is 0 Å². The first-order valence-corrected chi connectivity index (χ1v) is 7.01. The van der Waals surface area contributed by atoms with Crippen LogP contribution in [-0.2, 0) is 6.54 Å². The average molecular weight is 283 g/mol. The van der Waals surface area contributed by atoms with Crippen LogP contribution in [0.5, 0.6) is 0 Å². The first kappa shape index (κ1) is 14.9. The average Bonchev–Trinajstić information content (AvgIpc) is 2.53. The number of para-hydroxylation sites is 1. The normalized spacial score (nSPS) is 11.4. The van der Waals surface area contributed by atoms with Gasteiger partial charge in [0, 0.05) is 25.2 Å². The number of rotatable bonds is 6. The molecule has 2 aromatic rings. The number of nitrogens with zero attached hydrogens (tertiary/aromatic N) is 2. The van der Waals surface area contributed by atoms with Gasteiger partial charge in [-0.15, -0.1) is 0 Å². The van der Waals surface area contributed by atoms with E-state index in [0.29, 0.717) is 13.0 Å². The Kier molecular flexibility index (Phi) is 5.21. The molecule has 0 atom stereocenters. The molecule has 3 N–H and O–H groups in total. The zero-order chi connectivity index (χ0) is 15.1. The Hall–Kier alpha value is -2.49. The molecule has 2 rings (SSSR count). The van der Waals surface area contributed by atoms with Gasteiger partial charge in [0.2, 0.25) is 0 Å². The summed E-state index contributed by atoms with van der Waals surface area (Å²) >= 11 is 0. The zero-order valence-electron chi connectivity index (χ0n) is 12.2. The van der Waals surface area contributed by atoms with Gasteiger partial charge in [0.15, 0.2) is 0 Å². The van der Waals surface area contributed by atoms with Crippen molar-refractivity contribution in [3.63, 3.8) is 0 Å². The Bertz CT molecular complexity index is 596. The number of nitrogens with two attached hydrogens (primary N) is 1. The molecule has 4 heteroatoms. The molecule has 110 valence electrons. The van der Waals surface area contributed by atoms with E-state index in [2.05, 4.69) is 47.3 Å². The van der Waals surface area contributed by atoms with E-state index in [1.807, 2.05) is 24.3 Å². The van der Waals surface area contributed by atoms with Gasteiger partial charge in [-0.1, -0.05) is 47.6 Å². The van der Waals surface area contributed by atoms with E-state index in [4.69, 9.17) is 10.9 Å². The molecule has 21 heavy (non-hydrogen) atoms. The maximum absolute atomic E-state index is 8.70. The highest BCUT2D eigenvalue weighted by Crippen LogP contribution is 2.18. The van der Waals surface area contributed by atoms with E-state index in [9.17, 15) is 0 Å². The minimum absolute atomic E-state index is 0.251. The van der Waals surface area contributed by atoms with Crippen LogP contribution in [0.2, 0.25) is 0 Å². The standard InChI is InChI=1S/C17H21N3O/c1-14-7-5-6-8-15(14)13-20(12-11-17(18)19-21)16-9-3-2-4-10-16/h2-10,21H,11-13H2,1H3,(H2,18,19). The summed E-state index contributed by atoms with van der Waals surface area (Å²) in [5, 5.41) is 11.7. The topological polar surface area (TPSA) is 61.8 Å². The molecule has 0 spiro atoms. The quantitative estimate of drug-likeness (QED) is 0.370. The van der Waals surface area contributed by atoms with E-state index in [0.717, 1.165) is 12.2 Å². The minimum atomic E-state index is 0.251. The molecule has 2 aromatic carbocycles. The highest BCUT2D eigenvalue weighted by atomic mass is 16.4. The van der Waals surface area contributed by atoms with Crippen molar-refractivity contribution in [1.82, 2.24) is 0 Å². The third-order valence-electron chi connectivity index (χ3n) is 3.51. The van der Waals surface area contributed by atoms with Crippen LogP contribution in [0.3, 0.4) is 0 Å². The molecule has 4 nitrogen and oxygen atoms in total. The number of anilines is 1. The maximum atomic E-state index is 8.70. The Morgan fingerprint density at radius 1 is 1.10 bits per heavy atom. The van der Waals surface area contributed by atoms with Gasteiger partial charge in [-0.05, 0) is 30.2 Å². The molecule has 0 aliphatic carbocycles. The minimum Gasteiger partial charge on any atom is -0.409 e. The van der Waals surface area contributed by atoms with E-state index in [1.54, 1.807) is 0 Å². The SMILES string of the molecule is Cc1ccccc1CN(CC/C(N)=N/O)c1ccccc1. The molecule has 0 aromatic heterocycles. The Balaban J connectivity index is 2.18. The lowest BCUT2D eigenvalue weighted by atomic mass is 10.1. The second-order valence-corrected chi connectivity index (χ2v) is 5.02. The van der Waals surface area contributed by atoms with Gasteiger partial charge in [0.1, 0.15) is 5.84 Å². The lowest BCUT2D eigenvalue weighted by Crippen LogP contribution is -2.28. The van der Waals surface area contributed by atoms with Crippen molar-refractivity contribution < 1.29 is 5.21 Å². The zero-order valence-corrected chi connectivity index (χ0v) is 12.2. The van der Waals surface area contributed by atoms with Gasteiger partial charge in [-0.3, -0.25) is 0 Å². The fourth-order valence-electron chi connectivity index (χ4n) is 2.23. The highest BCUT2D eigenvalue weighted by Gasteiger charge is 2.09. The lowest BCUT2D eigenvalue weighted by molar-refractivity contribution is 0.317. The predicted octanol–water partition coefficient (Wildman–Crippen LogP) is 3.14. The maximum Gasteiger partial charge on any atom is 0.140 e. The van der Waals surface area contributed by atoms with E-state index >= 15 is 0 Å². The molecular weight excluding hydrogens is 262 g/mol.